The van der Waals surface area contributed by atoms with Crippen molar-refractivity contribution in [3.8, 4) is 5.88 Å². The molecule has 0 saturated carbocycles. The van der Waals surface area contributed by atoms with Crippen molar-refractivity contribution in [1.82, 2.24) is 9.97 Å². The number of hydrogen-bond acceptors (Lipinski definition) is 5. The van der Waals surface area contributed by atoms with Gasteiger partial charge in [0.05, 0.1) is 6.10 Å². The average Bonchev–Trinajstić information content (AvgIpc) is 2.53. The normalized spacial score (nSPS) is 11.7. The Labute approximate surface area is 129 Å². The second kappa shape index (κ2) is 7.40. The van der Waals surface area contributed by atoms with Gasteiger partial charge in [0.2, 0.25) is 5.88 Å². The topological polar surface area (TPSA) is 84.3 Å². The van der Waals surface area contributed by atoms with Crippen molar-refractivity contribution in [2.75, 3.05) is 5.32 Å². The first-order chi connectivity index (χ1) is 10.6. The van der Waals surface area contributed by atoms with E-state index in [2.05, 4.69) is 22.2 Å². The monoisotopic (exact) mass is 301 g/mol. The molecule has 1 unspecified atom stereocenters. The van der Waals surface area contributed by atoms with Crippen LogP contribution >= 0.6 is 0 Å². The van der Waals surface area contributed by atoms with E-state index in [1.54, 1.807) is 18.3 Å². The molecule has 22 heavy (non-hydrogen) atoms. The quantitative estimate of drug-likeness (QED) is 0.818. The summed E-state index contributed by atoms with van der Waals surface area (Å²) in [5.74, 6) is 0.0544. The number of pyridine rings is 2. The lowest BCUT2D eigenvalue weighted by atomic mass is 10.2. The summed E-state index contributed by atoms with van der Waals surface area (Å²) in [6.07, 6.45) is 2.72. The maximum Gasteiger partial charge on any atom is 0.354 e. The van der Waals surface area contributed by atoms with Crippen LogP contribution in [-0.4, -0.2) is 27.1 Å². The van der Waals surface area contributed by atoms with Crippen LogP contribution < -0.4 is 10.1 Å². The number of ether oxygens (including phenoxy) is 1. The molecule has 2 heterocycles. The molecule has 1 atom stereocenters. The first-order valence-electron chi connectivity index (χ1n) is 7.14. The fourth-order valence-electron chi connectivity index (χ4n) is 1.76. The Balaban J connectivity index is 2.01. The molecule has 0 amide bonds. The zero-order valence-electron chi connectivity index (χ0n) is 12.6. The van der Waals surface area contributed by atoms with Gasteiger partial charge in [0.1, 0.15) is 5.82 Å². The number of carbonyl (C=O) groups is 1. The molecular formula is C16H19N3O3. The summed E-state index contributed by atoms with van der Waals surface area (Å²) in [7, 11) is 0. The minimum atomic E-state index is -1.04. The summed E-state index contributed by atoms with van der Waals surface area (Å²) >= 11 is 0. The molecule has 2 rings (SSSR count). The van der Waals surface area contributed by atoms with Crippen molar-refractivity contribution in [3.05, 3.63) is 47.8 Å². The number of anilines is 1. The average molecular weight is 301 g/mol. The number of aromatic carboxylic acids is 1. The lowest BCUT2D eigenvalue weighted by molar-refractivity contribution is 0.0690. The Kier molecular flexibility index (Phi) is 5.30. The van der Waals surface area contributed by atoms with Gasteiger partial charge in [-0.05, 0) is 37.1 Å². The van der Waals surface area contributed by atoms with E-state index >= 15 is 0 Å². The van der Waals surface area contributed by atoms with Gasteiger partial charge in [-0.15, -0.1) is 0 Å². The minimum Gasteiger partial charge on any atom is -0.477 e. The summed E-state index contributed by atoms with van der Waals surface area (Å²) in [6, 6.07) is 8.57. The molecule has 0 saturated heterocycles. The molecule has 2 N–H and O–H groups in total. The van der Waals surface area contributed by atoms with Crippen LogP contribution in [0.3, 0.4) is 0 Å². The Morgan fingerprint density at radius 1 is 1.41 bits per heavy atom. The van der Waals surface area contributed by atoms with Crippen LogP contribution in [0.25, 0.3) is 0 Å². The molecule has 0 aliphatic heterocycles. The maximum atomic E-state index is 10.9. The van der Waals surface area contributed by atoms with Gasteiger partial charge in [-0.1, -0.05) is 13.0 Å². The maximum absolute atomic E-state index is 10.9. The first-order valence-corrected chi connectivity index (χ1v) is 7.14. The molecule has 0 aliphatic rings. The molecule has 2 aromatic rings. The van der Waals surface area contributed by atoms with Gasteiger partial charge in [0, 0.05) is 18.8 Å². The van der Waals surface area contributed by atoms with Gasteiger partial charge in [0.25, 0.3) is 0 Å². The highest BCUT2D eigenvalue weighted by molar-refractivity contribution is 5.85. The van der Waals surface area contributed by atoms with Crippen LogP contribution in [0.5, 0.6) is 5.88 Å². The van der Waals surface area contributed by atoms with E-state index in [0.29, 0.717) is 18.2 Å². The van der Waals surface area contributed by atoms with Crippen LogP contribution in [0.2, 0.25) is 0 Å². The van der Waals surface area contributed by atoms with Gasteiger partial charge < -0.3 is 15.2 Å². The van der Waals surface area contributed by atoms with E-state index in [9.17, 15) is 4.79 Å². The number of nitrogens with one attached hydrogen (secondary N) is 1. The van der Waals surface area contributed by atoms with E-state index in [-0.39, 0.29) is 11.8 Å². The Morgan fingerprint density at radius 3 is 2.95 bits per heavy atom. The Morgan fingerprint density at radius 2 is 2.23 bits per heavy atom. The third kappa shape index (κ3) is 4.44. The summed E-state index contributed by atoms with van der Waals surface area (Å²) in [5, 5.41) is 12.0. The Bertz CT molecular complexity index is 646. The van der Waals surface area contributed by atoms with Crippen molar-refractivity contribution in [2.24, 2.45) is 0 Å². The van der Waals surface area contributed by atoms with Crippen molar-refractivity contribution in [3.63, 3.8) is 0 Å². The van der Waals surface area contributed by atoms with Crippen molar-refractivity contribution >= 4 is 11.8 Å². The molecule has 6 nitrogen and oxygen atoms in total. The lowest BCUT2D eigenvalue weighted by Crippen LogP contribution is -2.11. The molecule has 0 aromatic carbocycles. The van der Waals surface area contributed by atoms with Gasteiger partial charge in [-0.3, -0.25) is 0 Å². The van der Waals surface area contributed by atoms with E-state index in [4.69, 9.17) is 9.84 Å². The smallest absolute Gasteiger partial charge is 0.354 e. The van der Waals surface area contributed by atoms with Crippen LogP contribution in [0.4, 0.5) is 5.82 Å². The molecule has 6 heteroatoms. The lowest BCUT2D eigenvalue weighted by Gasteiger charge is -2.12. The predicted octanol–water partition coefficient (Wildman–Crippen LogP) is 2.96. The highest BCUT2D eigenvalue weighted by Crippen LogP contribution is 2.14. The summed E-state index contributed by atoms with van der Waals surface area (Å²) in [6.45, 7) is 4.56. The summed E-state index contributed by atoms with van der Waals surface area (Å²) in [5.41, 5.74) is 0.997. The highest BCUT2D eigenvalue weighted by Gasteiger charge is 2.06. The third-order valence-corrected chi connectivity index (χ3v) is 3.14. The zero-order valence-corrected chi connectivity index (χ0v) is 12.6. The zero-order chi connectivity index (χ0) is 15.9. The third-order valence-electron chi connectivity index (χ3n) is 3.14. The predicted molar refractivity (Wildman–Crippen MR) is 83.1 cm³/mol. The van der Waals surface area contributed by atoms with Crippen molar-refractivity contribution < 1.29 is 14.6 Å². The van der Waals surface area contributed by atoms with E-state index in [1.807, 2.05) is 19.1 Å². The van der Waals surface area contributed by atoms with Crippen LogP contribution in [-0.2, 0) is 6.54 Å². The van der Waals surface area contributed by atoms with Gasteiger partial charge in [0.15, 0.2) is 5.69 Å². The SMILES string of the molecule is CCC(C)Oc1cc(CNc2cccc(C(=O)O)n2)ccn1. The second-order valence-electron chi connectivity index (χ2n) is 4.91. The molecule has 0 bridgehead atoms. The molecular weight excluding hydrogens is 282 g/mol. The number of nitrogens with zero attached hydrogens (tertiary/aromatic N) is 2. The molecule has 0 radical (unpaired) electrons. The Hall–Kier alpha value is -2.63. The van der Waals surface area contributed by atoms with E-state index < -0.39 is 5.97 Å². The number of carboxylic acids is 1. The number of carboxylic acid groups (broad SMARTS) is 1. The van der Waals surface area contributed by atoms with E-state index in [1.165, 1.54) is 6.07 Å². The van der Waals surface area contributed by atoms with Crippen molar-refractivity contribution in [1.29, 1.82) is 0 Å². The second-order valence-corrected chi connectivity index (χ2v) is 4.91. The molecule has 2 aromatic heterocycles. The van der Waals surface area contributed by atoms with Crippen LogP contribution in [0.1, 0.15) is 36.3 Å². The van der Waals surface area contributed by atoms with E-state index in [0.717, 1.165) is 12.0 Å². The molecule has 0 spiro atoms. The van der Waals surface area contributed by atoms with Crippen LogP contribution in [0, 0.1) is 0 Å². The standard InChI is InChI=1S/C16H19N3O3/c1-3-11(2)22-15-9-12(7-8-17-15)10-18-14-6-4-5-13(19-14)16(20)21/h4-9,11H,3,10H2,1-2H3,(H,18,19)(H,20,21). The summed E-state index contributed by atoms with van der Waals surface area (Å²) < 4.78 is 5.67. The fourth-order valence-corrected chi connectivity index (χ4v) is 1.76. The number of rotatable bonds is 7. The highest BCUT2D eigenvalue weighted by atomic mass is 16.5. The summed E-state index contributed by atoms with van der Waals surface area (Å²) in [4.78, 5) is 19.1. The van der Waals surface area contributed by atoms with Gasteiger partial charge in [-0.25, -0.2) is 14.8 Å². The molecule has 0 aliphatic carbocycles. The fraction of sp³-hybridized carbons (Fsp3) is 0.312. The first kappa shape index (κ1) is 15.8. The van der Waals surface area contributed by atoms with Gasteiger partial charge in [-0.2, -0.15) is 0 Å². The minimum absolute atomic E-state index is 0.0144. The largest absolute Gasteiger partial charge is 0.477 e. The number of aromatic nitrogens is 2. The molecule has 116 valence electrons. The van der Waals surface area contributed by atoms with Crippen LogP contribution in [0.15, 0.2) is 36.5 Å². The van der Waals surface area contributed by atoms with Gasteiger partial charge >= 0.3 is 5.97 Å². The number of hydrogen-bond donors (Lipinski definition) is 2. The van der Waals surface area contributed by atoms with Crippen molar-refractivity contribution in [2.45, 2.75) is 32.9 Å². The molecule has 0 fully saturated rings.